The minimum Gasteiger partial charge on any atom is -0.477 e. The van der Waals surface area contributed by atoms with E-state index in [2.05, 4.69) is 10.0 Å². The van der Waals surface area contributed by atoms with Crippen LogP contribution in [-0.4, -0.2) is 27.0 Å². The maximum absolute atomic E-state index is 12.2. The van der Waals surface area contributed by atoms with Crippen LogP contribution in [-0.2, 0) is 14.8 Å². The topological polar surface area (TPSA) is 84.5 Å². The molecule has 1 heterocycles. The summed E-state index contributed by atoms with van der Waals surface area (Å²) in [5.41, 5.74) is 1.55. The first-order chi connectivity index (χ1) is 11.0. The van der Waals surface area contributed by atoms with Crippen LogP contribution in [0, 0.1) is 6.92 Å². The fourth-order valence-corrected chi connectivity index (χ4v) is 3.25. The van der Waals surface area contributed by atoms with Crippen molar-refractivity contribution in [2.24, 2.45) is 0 Å². The molecule has 1 unspecified atom stereocenters. The van der Waals surface area contributed by atoms with Crippen LogP contribution >= 0.6 is 0 Å². The molecule has 2 aromatic carbocycles. The molecule has 0 saturated heterocycles. The molecule has 0 radical (unpaired) electrons. The SMILES string of the molecule is Cc1ccc(S(=O)(=O)NCC2Oc3ccccc3NC2=O)cc1. The minimum absolute atomic E-state index is 0.142. The summed E-state index contributed by atoms with van der Waals surface area (Å²) in [6, 6.07) is 13.5. The van der Waals surface area contributed by atoms with Gasteiger partial charge in [0.1, 0.15) is 5.75 Å². The van der Waals surface area contributed by atoms with E-state index in [1.165, 1.54) is 12.1 Å². The number of fused-ring (bicyclic) bond motifs is 1. The number of anilines is 1. The Morgan fingerprint density at radius 2 is 1.83 bits per heavy atom. The predicted molar refractivity (Wildman–Crippen MR) is 85.9 cm³/mol. The van der Waals surface area contributed by atoms with Crippen molar-refractivity contribution in [3.8, 4) is 5.75 Å². The molecule has 1 aliphatic heterocycles. The molecule has 6 nitrogen and oxygen atoms in total. The van der Waals surface area contributed by atoms with Crippen molar-refractivity contribution in [3.63, 3.8) is 0 Å². The number of amides is 1. The Morgan fingerprint density at radius 3 is 2.57 bits per heavy atom. The van der Waals surface area contributed by atoms with Gasteiger partial charge in [-0.2, -0.15) is 0 Å². The smallest absolute Gasteiger partial charge is 0.266 e. The van der Waals surface area contributed by atoms with Crippen molar-refractivity contribution >= 4 is 21.6 Å². The number of ether oxygens (including phenoxy) is 1. The predicted octanol–water partition coefficient (Wildman–Crippen LogP) is 1.67. The molecule has 0 saturated carbocycles. The monoisotopic (exact) mass is 332 g/mol. The van der Waals surface area contributed by atoms with Crippen molar-refractivity contribution < 1.29 is 17.9 Å². The van der Waals surface area contributed by atoms with E-state index in [-0.39, 0.29) is 17.3 Å². The van der Waals surface area contributed by atoms with Gasteiger partial charge < -0.3 is 10.1 Å². The number of nitrogens with one attached hydrogen (secondary N) is 2. The Hall–Kier alpha value is -2.38. The fourth-order valence-electron chi connectivity index (χ4n) is 2.21. The first-order valence-electron chi connectivity index (χ1n) is 7.08. The zero-order chi connectivity index (χ0) is 16.4. The molecule has 0 fully saturated rings. The van der Waals surface area contributed by atoms with Gasteiger partial charge in [-0.15, -0.1) is 0 Å². The van der Waals surface area contributed by atoms with Gasteiger partial charge in [-0.3, -0.25) is 4.79 Å². The van der Waals surface area contributed by atoms with Crippen LogP contribution in [0.3, 0.4) is 0 Å². The lowest BCUT2D eigenvalue weighted by Crippen LogP contribution is -2.45. The molecule has 23 heavy (non-hydrogen) atoms. The third-order valence-electron chi connectivity index (χ3n) is 3.50. The molecular weight excluding hydrogens is 316 g/mol. The van der Waals surface area contributed by atoms with Crippen molar-refractivity contribution in [1.82, 2.24) is 4.72 Å². The highest BCUT2D eigenvalue weighted by Crippen LogP contribution is 2.28. The van der Waals surface area contributed by atoms with Crippen molar-refractivity contribution in [2.75, 3.05) is 11.9 Å². The van der Waals surface area contributed by atoms with Gasteiger partial charge in [0.2, 0.25) is 10.0 Å². The highest BCUT2D eigenvalue weighted by atomic mass is 32.2. The van der Waals surface area contributed by atoms with Crippen LogP contribution in [0.1, 0.15) is 5.56 Å². The summed E-state index contributed by atoms with van der Waals surface area (Å²) in [5, 5.41) is 2.69. The van der Waals surface area contributed by atoms with Crippen molar-refractivity contribution in [3.05, 3.63) is 54.1 Å². The number of sulfonamides is 1. The minimum atomic E-state index is -3.69. The average molecular weight is 332 g/mol. The summed E-state index contributed by atoms with van der Waals surface area (Å²) >= 11 is 0. The van der Waals surface area contributed by atoms with E-state index in [4.69, 9.17) is 4.74 Å². The van der Waals surface area contributed by atoms with Crippen molar-refractivity contribution in [1.29, 1.82) is 0 Å². The number of para-hydroxylation sites is 2. The third-order valence-corrected chi connectivity index (χ3v) is 4.94. The molecule has 0 spiro atoms. The molecule has 120 valence electrons. The van der Waals surface area contributed by atoms with Crippen LogP contribution in [0.5, 0.6) is 5.75 Å². The zero-order valence-electron chi connectivity index (χ0n) is 12.4. The highest BCUT2D eigenvalue weighted by Gasteiger charge is 2.28. The van der Waals surface area contributed by atoms with E-state index >= 15 is 0 Å². The zero-order valence-corrected chi connectivity index (χ0v) is 13.3. The van der Waals surface area contributed by atoms with Gasteiger partial charge in [-0.1, -0.05) is 29.8 Å². The summed E-state index contributed by atoms with van der Waals surface area (Å²) in [5.74, 6) is 0.141. The number of hydrogen-bond donors (Lipinski definition) is 2. The van der Waals surface area contributed by atoms with Gasteiger partial charge in [0.25, 0.3) is 5.91 Å². The van der Waals surface area contributed by atoms with Crippen molar-refractivity contribution in [2.45, 2.75) is 17.9 Å². The summed E-state index contributed by atoms with van der Waals surface area (Å²) < 4.78 is 32.4. The Kier molecular flexibility index (Phi) is 4.06. The Morgan fingerprint density at radius 1 is 1.13 bits per heavy atom. The number of carbonyl (C=O) groups is 1. The standard InChI is InChI=1S/C16H16N2O4S/c1-11-6-8-12(9-7-11)23(20,21)17-10-15-16(19)18-13-4-2-3-5-14(13)22-15/h2-9,15,17H,10H2,1H3,(H,18,19). The molecule has 0 aromatic heterocycles. The quantitative estimate of drug-likeness (QED) is 0.892. The molecule has 1 aliphatic rings. The van der Waals surface area contributed by atoms with Gasteiger partial charge in [-0.25, -0.2) is 13.1 Å². The summed E-state index contributed by atoms with van der Waals surface area (Å²) in [6.45, 7) is 1.73. The lowest BCUT2D eigenvalue weighted by molar-refractivity contribution is -0.123. The van der Waals surface area contributed by atoms with E-state index in [1.54, 1.807) is 36.4 Å². The molecule has 0 bridgehead atoms. The number of hydrogen-bond acceptors (Lipinski definition) is 4. The van der Waals surface area contributed by atoms with Gasteiger partial charge in [0.15, 0.2) is 6.10 Å². The van der Waals surface area contributed by atoms with Crippen LogP contribution in [0.2, 0.25) is 0 Å². The lowest BCUT2D eigenvalue weighted by atomic mass is 10.2. The Bertz CT molecular complexity index is 831. The number of benzene rings is 2. The van der Waals surface area contributed by atoms with Gasteiger partial charge >= 0.3 is 0 Å². The number of rotatable bonds is 4. The van der Waals surface area contributed by atoms with E-state index < -0.39 is 16.1 Å². The average Bonchev–Trinajstić information content (AvgIpc) is 2.53. The molecule has 1 atom stereocenters. The van der Waals surface area contributed by atoms with Crippen LogP contribution in [0.15, 0.2) is 53.4 Å². The molecular formula is C16H16N2O4S. The molecule has 2 N–H and O–H groups in total. The van der Waals surface area contributed by atoms with Crippen LogP contribution in [0.4, 0.5) is 5.69 Å². The molecule has 0 aliphatic carbocycles. The van der Waals surface area contributed by atoms with E-state index in [9.17, 15) is 13.2 Å². The van der Waals surface area contributed by atoms with Gasteiger partial charge in [0.05, 0.1) is 17.1 Å². The summed E-state index contributed by atoms with van der Waals surface area (Å²) in [4.78, 5) is 12.1. The van der Waals surface area contributed by atoms with E-state index in [0.29, 0.717) is 11.4 Å². The molecule has 3 rings (SSSR count). The third kappa shape index (κ3) is 3.35. The van der Waals surface area contributed by atoms with Crippen LogP contribution in [0.25, 0.3) is 0 Å². The number of carbonyl (C=O) groups excluding carboxylic acids is 1. The Balaban J connectivity index is 1.71. The normalized spacial score (nSPS) is 17.1. The second kappa shape index (κ2) is 6.02. The van der Waals surface area contributed by atoms with Crippen LogP contribution < -0.4 is 14.8 Å². The summed E-state index contributed by atoms with van der Waals surface area (Å²) in [6.07, 6.45) is -0.912. The molecule has 1 amide bonds. The van der Waals surface area contributed by atoms with E-state index in [0.717, 1.165) is 5.56 Å². The summed E-state index contributed by atoms with van der Waals surface area (Å²) in [7, 11) is -3.69. The lowest BCUT2D eigenvalue weighted by Gasteiger charge is -2.25. The second-order valence-electron chi connectivity index (χ2n) is 5.26. The van der Waals surface area contributed by atoms with Gasteiger partial charge in [-0.05, 0) is 31.2 Å². The first kappa shape index (κ1) is 15.5. The highest BCUT2D eigenvalue weighted by molar-refractivity contribution is 7.89. The maximum atomic E-state index is 12.2. The second-order valence-corrected chi connectivity index (χ2v) is 7.02. The first-order valence-corrected chi connectivity index (χ1v) is 8.57. The largest absolute Gasteiger partial charge is 0.477 e. The van der Waals surface area contributed by atoms with E-state index in [1.807, 2.05) is 6.92 Å². The Labute approximate surface area is 134 Å². The maximum Gasteiger partial charge on any atom is 0.266 e. The van der Waals surface area contributed by atoms with Gasteiger partial charge in [0, 0.05) is 0 Å². The fraction of sp³-hybridized carbons (Fsp3) is 0.188. The molecule has 7 heteroatoms. The number of aryl methyl sites for hydroxylation is 1. The molecule has 2 aromatic rings.